The molecule has 1 saturated carbocycles. The number of anilines is 2. The monoisotopic (exact) mass is 453 g/mol. The molecular formula is C23H24FN5O4. The van der Waals surface area contributed by atoms with Gasteiger partial charge in [-0.2, -0.15) is 14.6 Å². The first-order chi connectivity index (χ1) is 16.0. The zero-order chi connectivity index (χ0) is 23.0. The topological polar surface area (TPSA) is 110 Å². The summed E-state index contributed by atoms with van der Waals surface area (Å²) in [7, 11) is 0. The lowest BCUT2D eigenvalue weighted by atomic mass is 9.84. The van der Waals surface area contributed by atoms with Gasteiger partial charge in [0, 0.05) is 24.9 Å². The number of nitrogens with zero attached hydrogens (tertiary/aromatic N) is 4. The van der Waals surface area contributed by atoms with Crippen molar-refractivity contribution in [1.82, 2.24) is 14.9 Å². The number of carbonyl (C=O) groups is 1. The van der Waals surface area contributed by atoms with Gasteiger partial charge in [-0.05, 0) is 31.9 Å². The number of fused-ring (bicyclic) bond motifs is 2. The standard InChI is InChI=1S/C23H24FN5O4/c1-23(6-7-23)33-22(30)29-9-15-11-31-12-16(10-29)19(15)32-21-18(24)20(26-13-27-21)28-17-5-3-2-4-14(17)8-25/h2-5,13,15-16,19H,6-7,9-12H2,1H3,(H,26,27,28). The fraction of sp³-hybridized carbons (Fsp3) is 0.478. The number of hydrogen-bond donors (Lipinski definition) is 1. The van der Waals surface area contributed by atoms with Crippen molar-refractivity contribution in [1.29, 1.82) is 5.26 Å². The van der Waals surface area contributed by atoms with E-state index >= 15 is 4.39 Å². The largest absolute Gasteiger partial charge is 0.471 e. The molecule has 2 saturated heterocycles. The van der Waals surface area contributed by atoms with Crippen molar-refractivity contribution in [3.8, 4) is 11.9 Å². The van der Waals surface area contributed by atoms with Crippen LogP contribution in [0.2, 0.25) is 0 Å². The van der Waals surface area contributed by atoms with Crippen molar-refractivity contribution < 1.29 is 23.4 Å². The Morgan fingerprint density at radius 2 is 2.00 bits per heavy atom. The van der Waals surface area contributed by atoms with Gasteiger partial charge in [0.15, 0.2) is 5.82 Å². The molecule has 1 aromatic carbocycles. The fourth-order valence-electron chi connectivity index (χ4n) is 4.26. The molecule has 1 aromatic heterocycles. The van der Waals surface area contributed by atoms with Crippen molar-refractivity contribution in [2.45, 2.75) is 31.5 Å². The Morgan fingerprint density at radius 1 is 1.27 bits per heavy atom. The van der Waals surface area contributed by atoms with Gasteiger partial charge in [0.2, 0.25) is 5.82 Å². The second kappa shape index (κ2) is 8.48. The lowest BCUT2D eigenvalue weighted by Gasteiger charge is -2.46. The third kappa shape index (κ3) is 4.41. The highest BCUT2D eigenvalue weighted by Gasteiger charge is 2.47. The summed E-state index contributed by atoms with van der Waals surface area (Å²) in [5.41, 5.74) is 0.460. The number of rotatable bonds is 5. The van der Waals surface area contributed by atoms with Gasteiger partial charge in [-0.15, -0.1) is 0 Å². The molecule has 0 radical (unpaired) electrons. The summed E-state index contributed by atoms with van der Waals surface area (Å²) in [5, 5.41) is 12.1. The summed E-state index contributed by atoms with van der Waals surface area (Å²) in [6, 6.07) is 8.82. The molecular weight excluding hydrogens is 429 g/mol. The molecule has 0 spiro atoms. The number of nitriles is 1. The molecule has 33 heavy (non-hydrogen) atoms. The predicted molar refractivity (Wildman–Crippen MR) is 114 cm³/mol. The molecule has 2 unspecified atom stereocenters. The van der Waals surface area contributed by atoms with Gasteiger partial charge >= 0.3 is 6.09 Å². The Morgan fingerprint density at radius 3 is 2.70 bits per heavy atom. The van der Waals surface area contributed by atoms with Crippen LogP contribution in [0, 0.1) is 29.0 Å². The van der Waals surface area contributed by atoms with E-state index in [-0.39, 0.29) is 41.3 Å². The summed E-state index contributed by atoms with van der Waals surface area (Å²) >= 11 is 0. The maximum Gasteiger partial charge on any atom is 0.410 e. The molecule has 5 rings (SSSR count). The minimum Gasteiger partial charge on any atom is -0.471 e. The Labute approximate surface area is 190 Å². The average Bonchev–Trinajstić information content (AvgIpc) is 3.52. The lowest BCUT2D eigenvalue weighted by Crippen LogP contribution is -2.59. The quantitative estimate of drug-likeness (QED) is 0.735. The number of halogens is 1. The highest BCUT2D eigenvalue weighted by atomic mass is 19.1. The predicted octanol–water partition coefficient (Wildman–Crippen LogP) is 3.25. The molecule has 3 aliphatic rings. The molecule has 10 heteroatoms. The molecule has 1 amide bonds. The number of likely N-dealkylation sites (tertiary alicyclic amines) is 1. The molecule has 9 nitrogen and oxygen atoms in total. The zero-order valence-corrected chi connectivity index (χ0v) is 18.2. The van der Waals surface area contributed by atoms with Crippen molar-refractivity contribution in [3.05, 3.63) is 42.0 Å². The maximum atomic E-state index is 15.2. The van der Waals surface area contributed by atoms with Crippen LogP contribution in [0.25, 0.3) is 0 Å². The first-order valence-corrected chi connectivity index (χ1v) is 10.9. The highest BCUT2D eigenvalue weighted by Crippen LogP contribution is 2.40. The Kier molecular flexibility index (Phi) is 5.50. The van der Waals surface area contributed by atoms with Gasteiger partial charge in [-0.1, -0.05) is 12.1 Å². The van der Waals surface area contributed by atoms with E-state index in [2.05, 4.69) is 21.4 Å². The van der Waals surface area contributed by atoms with Gasteiger partial charge in [-0.3, -0.25) is 0 Å². The smallest absolute Gasteiger partial charge is 0.410 e. The summed E-state index contributed by atoms with van der Waals surface area (Å²) in [6.07, 6.45) is 2.31. The van der Waals surface area contributed by atoms with Gasteiger partial charge in [-0.25, -0.2) is 9.78 Å². The van der Waals surface area contributed by atoms with Crippen LogP contribution in [-0.2, 0) is 9.47 Å². The number of ether oxygens (including phenoxy) is 3. The van der Waals surface area contributed by atoms with Gasteiger partial charge < -0.3 is 24.4 Å². The number of amides is 1. The van der Waals surface area contributed by atoms with E-state index in [0.29, 0.717) is 37.6 Å². The molecule has 3 heterocycles. The third-order valence-corrected chi connectivity index (χ3v) is 6.35. The summed E-state index contributed by atoms with van der Waals surface area (Å²) in [5.74, 6) is -1.27. The van der Waals surface area contributed by atoms with E-state index in [4.69, 9.17) is 14.2 Å². The number of para-hydroxylation sites is 1. The van der Waals surface area contributed by atoms with Gasteiger partial charge in [0.25, 0.3) is 5.88 Å². The van der Waals surface area contributed by atoms with Crippen molar-refractivity contribution in [3.63, 3.8) is 0 Å². The van der Waals surface area contributed by atoms with E-state index in [9.17, 15) is 10.1 Å². The SMILES string of the molecule is CC1(OC(=O)N2CC3COCC(C2)C3Oc2ncnc(Nc3ccccc3C#N)c2F)CC1. The number of hydrogen-bond acceptors (Lipinski definition) is 8. The Hall–Kier alpha value is -3.45. The van der Waals surface area contributed by atoms with Crippen LogP contribution < -0.4 is 10.1 Å². The average molecular weight is 453 g/mol. The summed E-state index contributed by atoms with van der Waals surface area (Å²) < 4.78 is 32.5. The fourth-order valence-corrected chi connectivity index (χ4v) is 4.26. The molecule has 172 valence electrons. The second-order valence-corrected chi connectivity index (χ2v) is 8.99. The first-order valence-electron chi connectivity index (χ1n) is 10.9. The van der Waals surface area contributed by atoms with E-state index in [0.717, 1.165) is 12.8 Å². The van der Waals surface area contributed by atoms with Gasteiger partial charge in [0.05, 0.1) is 24.5 Å². The minimum atomic E-state index is -0.743. The van der Waals surface area contributed by atoms with E-state index in [1.54, 1.807) is 29.2 Å². The van der Waals surface area contributed by atoms with E-state index in [1.165, 1.54) is 6.33 Å². The van der Waals surface area contributed by atoms with Crippen molar-refractivity contribution in [2.24, 2.45) is 11.8 Å². The number of piperidine rings is 1. The maximum absolute atomic E-state index is 15.2. The van der Waals surface area contributed by atoms with Crippen LogP contribution in [-0.4, -0.2) is 59.0 Å². The van der Waals surface area contributed by atoms with Crippen LogP contribution in [0.15, 0.2) is 30.6 Å². The van der Waals surface area contributed by atoms with Crippen LogP contribution in [0.4, 0.5) is 20.7 Å². The Balaban J connectivity index is 1.31. The summed E-state index contributed by atoms with van der Waals surface area (Å²) in [6.45, 7) is 3.54. The zero-order valence-electron chi connectivity index (χ0n) is 18.2. The van der Waals surface area contributed by atoms with E-state index in [1.807, 2.05) is 6.92 Å². The normalized spacial score (nSPS) is 25.0. The molecule has 2 bridgehead atoms. The third-order valence-electron chi connectivity index (χ3n) is 6.35. The van der Waals surface area contributed by atoms with Crippen molar-refractivity contribution in [2.75, 3.05) is 31.6 Å². The minimum absolute atomic E-state index is 0.0807. The van der Waals surface area contributed by atoms with E-state index < -0.39 is 5.82 Å². The number of carbonyl (C=O) groups excluding carboxylic acids is 1. The molecule has 2 aromatic rings. The van der Waals surface area contributed by atoms with Crippen LogP contribution in [0.3, 0.4) is 0 Å². The lowest BCUT2D eigenvalue weighted by molar-refractivity contribution is -0.112. The molecule has 3 fully saturated rings. The summed E-state index contributed by atoms with van der Waals surface area (Å²) in [4.78, 5) is 22.2. The first kappa shape index (κ1) is 21.4. The number of benzene rings is 1. The molecule has 1 N–H and O–H groups in total. The molecule has 1 aliphatic carbocycles. The van der Waals surface area contributed by atoms with Crippen LogP contribution in [0.5, 0.6) is 5.88 Å². The van der Waals surface area contributed by atoms with Crippen LogP contribution in [0.1, 0.15) is 25.3 Å². The van der Waals surface area contributed by atoms with Gasteiger partial charge in [0.1, 0.15) is 24.1 Å². The van der Waals surface area contributed by atoms with Crippen LogP contribution >= 0.6 is 0 Å². The second-order valence-electron chi connectivity index (χ2n) is 8.99. The molecule has 2 aliphatic heterocycles. The Bertz CT molecular complexity index is 1090. The number of aromatic nitrogens is 2. The highest BCUT2D eigenvalue weighted by molar-refractivity contribution is 5.69. The molecule has 2 atom stereocenters. The van der Waals surface area contributed by atoms with Crippen molar-refractivity contribution >= 4 is 17.6 Å². The number of nitrogens with one attached hydrogen (secondary N) is 1.